The largest absolute Gasteiger partial charge is 0.549 e. The average Bonchev–Trinajstić information content (AvgIpc) is 3.44. The lowest BCUT2D eigenvalue weighted by Gasteiger charge is -2.30. The zero-order chi connectivity index (χ0) is 57.2. The number of benzene rings is 4. The first-order valence-electron chi connectivity index (χ1n) is 23.4. The fraction of sp³-hybridized carbons (Fsp3) is 0.245. The fourth-order valence-electron chi connectivity index (χ4n) is 6.29. The molecule has 0 atom stereocenters. The number of hydrogen-bond donors (Lipinski definition) is 0. The van der Waals surface area contributed by atoms with Crippen LogP contribution in [0.4, 0.5) is 19.2 Å². The Kier molecular flexibility index (Phi) is 21.4. The minimum absolute atomic E-state index is 0.0152. The predicted molar refractivity (Wildman–Crippen MR) is 289 cm³/mol. The molecule has 4 aromatic carbocycles. The second-order valence-electron chi connectivity index (χ2n) is 19.5. The van der Waals surface area contributed by atoms with Gasteiger partial charge >= 0.3 is 48.5 Å². The van der Waals surface area contributed by atoms with E-state index in [4.69, 9.17) is 18.9 Å². The maximum atomic E-state index is 13.0. The monoisotopic (exact) mass is 1130 g/mol. The first-order chi connectivity index (χ1) is 36.2. The van der Waals surface area contributed by atoms with Crippen LogP contribution in [0.3, 0.4) is 0 Å². The number of carbonyl (C=O) groups is 8. The van der Waals surface area contributed by atoms with E-state index in [-0.39, 0.29) is 22.3 Å². The summed E-state index contributed by atoms with van der Waals surface area (Å²) in [6, 6.07) is 25.1. The molecule has 0 fully saturated rings. The van der Waals surface area contributed by atoms with Gasteiger partial charge in [-0.05, 0) is 48.5 Å². The van der Waals surface area contributed by atoms with Gasteiger partial charge in [0.05, 0.1) is 22.3 Å². The molecular weight excluding hydrogens is 1070 g/mol. The Hall–Kier alpha value is -8.33. The van der Waals surface area contributed by atoms with Crippen molar-refractivity contribution in [1.29, 1.82) is 0 Å². The molecule has 0 saturated carbocycles. The van der Waals surface area contributed by atoms with Crippen LogP contribution in [0.25, 0.3) is 0 Å². The Morgan fingerprint density at radius 3 is 0.649 bits per heavy atom. The molecule has 4 aromatic rings. The molecule has 0 aliphatic rings. The van der Waals surface area contributed by atoms with Crippen molar-refractivity contribution < 1.29 is 96.4 Å². The van der Waals surface area contributed by atoms with Crippen LogP contribution in [0, 0.1) is 5.41 Å². The molecule has 0 radical (unpaired) electrons. The third-order valence-electron chi connectivity index (χ3n) is 12.2. The van der Waals surface area contributed by atoms with E-state index in [1.54, 1.807) is 48.5 Å². The van der Waals surface area contributed by atoms with Gasteiger partial charge in [-0.3, -0.25) is 0 Å². The van der Waals surface area contributed by atoms with Crippen molar-refractivity contribution in [3.05, 3.63) is 168 Å². The zero-order valence-electron chi connectivity index (χ0n) is 43.9. The minimum Gasteiger partial charge on any atom is -0.431 e. The Morgan fingerprint density at radius 2 is 0.494 bits per heavy atom. The first kappa shape index (κ1) is 61.2. The second-order valence-corrected chi connectivity index (χ2v) is 37.2. The third kappa shape index (κ3) is 17.9. The molecule has 0 unspecified atom stereocenters. The lowest BCUT2D eigenvalue weighted by Crippen LogP contribution is -2.44. The normalized spacial score (nSPS) is 11.4. The van der Waals surface area contributed by atoms with Crippen LogP contribution >= 0.6 is 0 Å². The summed E-state index contributed by atoms with van der Waals surface area (Å²) >= 11 is 0. The van der Waals surface area contributed by atoms with Gasteiger partial charge in [0.15, 0.2) is 0 Å². The van der Waals surface area contributed by atoms with E-state index in [1.807, 2.05) is 75.2 Å². The smallest absolute Gasteiger partial charge is 0.431 e. The van der Waals surface area contributed by atoms with E-state index in [0.29, 0.717) is 0 Å². The van der Waals surface area contributed by atoms with Crippen LogP contribution in [-0.4, -0.2) is 107 Å². The van der Waals surface area contributed by atoms with Gasteiger partial charge in [-0.2, -0.15) is 19.2 Å². The summed E-state index contributed by atoms with van der Waals surface area (Å²) in [5.74, 6) is -4.46. The number of carbonyl (C=O) groups excluding carboxylic acids is 8. The molecule has 0 aliphatic carbocycles. The topological polar surface area (TPSA) is 247 Å². The van der Waals surface area contributed by atoms with Crippen molar-refractivity contribution in [3.63, 3.8) is 0 Å². The summed E-state index contributed by atoms with van der Waals surface area (Å²) in [4.78, 5) is 140. The van der Waals surface area contributed by atoms with Gasteiger partial charge in [-0.25, -0.2) is 58.3 Å². The predicted octanol–water partition coefficient (Wildman–Crippen LogP) is 8.24. The minimum atomic E-state index is -2.27. The Labute approximate surface area is 448 Å². The van der Waals surface area contributed by atoms with Crippen molar-refractivity contribution in [2.45, 2.75) is 52.4 Å². The van der Waals surface area contributed by atoms with Crippen LogP contribution in [0.1, 0.15) is 41.4 Å². The molecule has 20 nitrogen and oxygen atoms in total. The number of hydrogen-bond acceptors (Lipinski definition) is 20. The lowest BCUT2D eigenvalue weighted by atomic mass is 9.92. The van der Waals surface area contributed by atoms with Crippen LogP contribution in [0.2, 0.25) is 52.4 Å². The van der Waals surface area contributed by atoms with Gasteiger partial charge in [0.25, 0.3) is 0 Å². The van der Waals surface area contributed by atoms with Crippen molar-refractivity contribution in [1.82, 2.24) is 0 Å². The molecule has 24 heteroatoms. The molecule has 4 rings (SSSR count). The van der Waals surface area contributed by atoms with Gasteiger partial charge in [0, 0.05) is 0 Å². The van der Waals surface area contributed by atoms with Gasteiger partial charge in [-0.1, -0.05) is 144 Å². The molecule has 0 heterocycles. The molecule has 0 spiro atoms. The van der Waals surface area contributed by atoms with Crippen molar-refractivity contribution in [2.75, 3.05) is 26.4 Å². The molecule has 408 valence electrons. The quantitative estimate of drug-likeness (QED) is 0.0266. The molecule has 0 bridgehead atoms. The number of ether oxygens (including phenoxy) is 4. The molecule has 0 amide bonds. The van der Waals surface area contributed by atoms with Gasteiger partial charge in [-0.15, -0.1) is 26.3 Å². The summed E-state index contributed by atoms with van der Waals surface area (Å²) in [6.45, 7) is 27.3. The van der Waals surface area contributed by atoms with E-state index < -0.39 is 113 Å². The van der Waals surface area contributed by atoms with Gasteiger partial charge in [0.2, 0.25) is 0 Å². The fourth-order valence-corrected chi connectivity index (χ4v) is 11.3. The van der Waals surface area contributed by atoms with E-state index in [0.717, 1.165) is 20.7 Å². The molecular formula is C53H60O20Si4. The summed E-state index contributed by atoms with van der Waals surface area (Å²) in [6.07, 6.45) is -6.82. The highest BCUT2D eigenvalue weighted by Gasteiger charge is 2.40. The van der Waals surface area contributed by atoms with Crippen molar-refractivity contribution in [3.8, 4) is 0 Å². The standard InChI is InChI=1S/C53H60O20Si4/c1-13-74(5,6)41-25-17-37(18-26-41)45(54)66-70-49(58)62-33-53(34-63-50(59)71-67-46(55)38-19-27-42(28-20-38)75(7,8)14-2,35-64-51(60)72-68-47(56)39-21-29-43(30-22-39)76(9,10)15-3)36-65-52(61)73-69-48(57)40-23-31-44(32-24-40)77(11,12)16-4/h13-32H,1-4,33-36H2,5-12H3. The Balaban J connectivity index is 1.55. The Morgan fingerprint density at radius 1 is 0.325 bits per heavy atom. The molecule has 0 saturated heterocycles. The highest BCUT2D eigenvalue weighted by atomic mass is 28.3. The summed E-state index contributed by atoms with van der Waals surface area (Å²) in [5.41, 5.74) is 5.06. The molecule has 0 aromatic heterocycles. The van der Waals surface area contributed by atoms with E-state index in [1.165, 1.54) is 48.5 Å². The molecule has 0 N–H and O–H groups in total. The van der Waals surface area contributed by atoms with Crippen molar-refractivity contribution in [2.24, 2.45) is 5.41 Å². The average molecular weight is 1130 g/mol. The van der Waals surface area contributed by atoms with Crippen LogP contribution < -0.4 is 20.7 Å². The van der Waals surface area contributed by atoms with Crippen molar-refractivity contribution >= 4 is 102 Å². The summed E-state index contributed by atoms with van der Waals surface area (Å²) in [7, 11) is -7.99. The first-order valence-corrected chi connectivity index (χ1v) is 35.7. The molecule has 77 heavy (non-hydrogen) atoms. The third-order valence-corrected chi connectivity index (χ3v) is 23.6. The maximum absolute atomic E-state index is 13.0. The highest BCUT2D eigenvalue weighted by molar-refractivity contribution is 6.95. The summed E-state index contributed by atoms with van der Waals surface area (Å²) in [5, 5.41) is 3.77. The second kappa shape index (κ2) is 26.9. The van der Waals surface area contributed by atoms with E-state index in [9.17, 15) is 38.4 Å². The summed E-state index contributed by atoms with van der Waals surface area (Å²) < 4.78 is 20.6. The van der Waals surface area contributed by atoms with Crippen LogP contribution in [0.15, 0.2) is 146 Å². The lowest BCUT2D eigenvalue weighted by molar-refractivity contribution is -0.223. The zero-order valence-corrected chi connectivity index (χ0v) is 47.9. The number of rotatable bonds is 20. The SMILES string of the molecule is C=C[Si](C)(C)c1ccc(C(=O)OOC(=O)OCC(COC(=O)OOC(=O)c2ccc([Si](C)(C)C=C)cc2)(COC(=O)OOC(=O)c2ccc([Si](C)(C)C=C)cc2)COC(=O)OOC(=O)c2ccc([Si](C)(C)C=C)cc2)cc1. The highest BCUT2D eigenvalue weighted by Crippen LogP contribution is 2.23. The maximum Gasteiger partial charge on any atom is 0.549 e. The van der Waals surface area contributed by atoms with Crippen LogP contribution in [-0.2, 0) is 58.0 Å². The van der Waals surface area contributed by atoms with Gasteiger partial charge in [0.1, 0.15) is 64.1 Å². The van der Waals surface area contributed by atoms with Gasteiger partial charge < -0.3 is 18.9 Å². The Bertz CT molecular complexity index is 2440. The van der Waals surface area contributed by atoms with Crippen LogP contribution in [0.5, 0.6) is 0 Å². The van der Waals surface area contributed by atoms with E-state index >= 15 is 0 Å². The van der Waals surface area contributed by atoms with E-state index in [2.05, 4.69) is 65.4 Å². The molecule has 0 aliphatic heterocycles.